The standard InChI is InChI=1S/C19H14N4O2/c20-15-11-23-17(18(24)16(15)19(21)25)14-7-5-12(6-8-14)3-4-13-2-1-9-22-10-13/h1-2,5-11,24H,20H2,(H2,21,25). The van der Waals surface area contributed by atoms with Gasteiger partial charge in [0.15, 0.2) is 5.75 Å². The number of hydrogen-bond donors (Lipinski definition) is 3. The second-order valence-corrected chi connectivity index (χ2v) is 5.22. The SMILES string of the molecule is NC(=O)c1c(N)cnc(-c2ccc(C#Cc3cccnc3)cc2)c1O. The molecule has 1 amide bonds. The highest BCUT2D eigenvalue weighted by molar-refractivity contribution is 6.02. The van der Waals surface area contributed by atoms with Crippen molar-refractivity contribution in [3.63, 3.8) is 0 Å². The lowest BCUT2D eigenvalue weighted by atomic mass is 10.0. The van der Waals surface area contributed by atoms with Crippen molar-refractivity contribution in [3.05, 3.63) is 71.7 Å². The van der Waals surface area contributed by atoms with Crippen LogP contribution in [0.2, 0.25) is 0 Å². The summed E-state index contributed by atoms with van der Waals surface area (Å²) in [7, 11) is 0. The quantitative estimate of drug-likeness (QED) is 0.621. The summed E-state index contributed by atoms with van der Waals surface area (Å²) in [6, 6.07) is 10.8. The number of rotatable bonds is 2. The Hall–Kier alpha value is -3.85. The molecule has 5 N–H and O–H groups in total. The number of amides is 1. The van der Waals surface area contributed by atoms with Crippen molar-refractivity contribution in [2.24, 2.45) is 5.73 Å². The summed E-state index contributed by atoms with van der Waals surface area (Å²) in [5.74, 6) is 4.89. The number of carbonyl (C=O) groups excluding carboxylic acids is 1. The fourth-order valence-electron chi connectivity index (χ4n) is 2.28. The van der Waals surface area contributed by atoms with E-state index in [2.05, 4.69) is 21.8 Å². The van der Waals surface area contributed by atoms with Crippen LogP contribution in [-0.2, 0) is 0 Å². The molecule has 122 valence electrons. The first-order chi connectivity index (χ1) is 12.1. The van der Waals surface area contributed by atoms with Crippen molar-refractivity contribution in [2.45, 2.75) is 0 Å². The molecular formula is C19H14N4O2. The first-order valence-electron chi connectivity index (χ1n) is 7.36. The van der Waals surface area contributed by atoms with Crippen LogP contribution in [0.1, 0.15) is 21.5 Å². The maximum Gasteiger partial charge on any atom is 0.254 e. The molecule has 0 atom stereocenters. The van der Waals surface area contributed by atoms with E-state index in [0.717, 1.165) is 11.1 Å². The van der Waals surface area contributed by atoms with Crippen molar-refractivity contribution in [1.82, 2.24) is 9.97 Å². The zero-order valence-electron chi connectivity index (χ0n) is 13.1. The lowest BCUT2D eigenvalue weighted by Crippen LogP contribution is -2.14. The number of anilines is 1. The van der Waals surface area contributed by atoms with Crippen molar-refractivity contribution in [3.8, 4) is 28.8 Å². The van der Waals surface area contributed by atoms with Crippen LogP contribution in [0.15, 0.2) is 55.0 Å². The maximum atomic E-state index is 11.4. The van der Waals surface area contributed by atoms with Gasteiger partial charge >= 0.3 is 0 Å². The molecule has 0 aliphatic carbocycles. The van der Waals surface area contributed by atoms with E-state index in [9.17, 15) is 9.90 Å². The summed E-state index contributed by atoms with van der Waals surface area (Å²) in [5.41, 5.74) is 13.2. The first kappa shape index (κ1) is 16.0. The van der Waals surface area contributed by atoms with Crippen LogP contribution in [0.25, 0.3) is 11.3 Å². The Balaban J connectivity index is 1.93. The van der Waals surface area contributed by atoms with E-state index in [0.29, 0.717) is 5.56 Å². The van der Waals surface area contributed by atoms with Crippen LogP contribution in [0.5, 0.6) is 5.75 Å². The topological polar surface area (TPSA) is 115 Å². The fourth-order valence-corrected chi connectivity index (χ4v) is 2.28. The van der Waals surface area contributed by atoms with E-state index in [1.54, 1.807) is 36.7 Å². The third kappa shape index (κ3) is 3.41. The number of benzene rings is 1. The number of aromatic nitrogens is 2. The molecule has 2 aromatic heterocycles. The molecule has 0 spiro atoms. The van der Waals surface area contributed by atoms with E-state index in [-0.39, 0.29) is 22.7 Å². The predicted octanol–water partition coefficient (Wildman–Crippen LogP) is 1.93. The second-order valence-electron chi connectivity index (χ2n) is 5.22. The smallest absolute Gasteiger partial charge is 0.254 e. The zero-order valence-corrected chi connectivity index (χ0v) is 13.1. The highest BCUT2D eigenvalue weighted by atomic mass is 16.3. The number of pyridine rings is 2. The summed E-state index contributed by atoms with van der Waals surface area (Å²) in [6.07, 6.45) is 4.67. The number of aromatic hydroxyl groups is 1. The van der Waals surface area contributed by atoms with E-state index < -0.39 is 5.91 Å². The average Bonchev–Trinajstić information content (AvgIpc) is 2.61. The molecule has 2 heterocycles. The molecule has 0 fully saturated rings. The van der Waals surface area contributed by atoms with Crippen molar-refractivity contribution in [2.75, 3.05) is 5.73 Å². The van der Waals surface area contributed by atoms with Crippen molar-refractivity contribution in [1.29, 1.82) is 0 Å². The van der Waals surface area contributed by atoms with Crippen LogP contribution in [0.4, 0.5) is 5.69 Å². The minimum absolute atomic E-state index is 0.0349. The van der Waals surface area contributed by atoms with Gasteiger partial charge in [-0.3, -0.25) is 14.8 Å². The van der Waals surface area contributed by atoms with Gasteiger partial charge in [0.2, 0.25) is 0 Å². The zero-order chi connectivity index (χ0) is 17.8. The molecule has 0 radical (unpaired) electrons. The Morgan fingerprint density at radius 1 is 1.04 bits per heavy atom. The van der Waals surface area contributed by atoms with E-state index in [1.807, 2.05) is 12.1 Å². The number of nitrogens with zero attached hydrogens (tertiary/aromatic N) is 2. The lowest BCUT2D eigenvalue weighted by molar-refractivity contribution is 0.0998. The summed E-state index contributed by atoms with van der Waals surface area (Å²) in [5, 5.41) is 10.2. The predicted molar refractivity (Wildman–Crippen MR) is 94.5 cm³/mol. The molecule has 0 aliphatic heterocycles. The van der Waals surface area contributed by atoms with Gasteiger partial charge in [-0.15, -0.1) is 0 Å². The maximum absolute atomic E-state index is 11.4. The monoisotopic (exact) mass is 330 g/mol. The van der Waals surface area contributed by atoms with Crippen molar-refractivity contribution >= 4 is 11.6 Å². The largest absolute Gasteiger partial charge is 0.505 e. The second kappa shape index (κ2) is 6.72. The molecule has 6 nitrogen and oxygen atoms in total. The molecule has 0 bridgehead atoms. The Morgan fingerprint density at radius 3 is 2.40 bits per heavy atom. The molecule has 3 rings (SSSR count). The Bertz CT molecular complexity index is 988. The van der Waals surface area contributed by atoms with Gasteiger partial charge in [-0.1, -0.05) is 24.0 Å². The normalized spacial score (nSPS) is 9.92. The third-order valence-electron chi connectivity index (χ3n) is 3.50. The first-order valence-corrected chi connectivity index (χ1v) is 7.36. The minimum atomic E-state index is -0.808. The van der Waals surface area contributed by atoms with Gasteiger partial charge in [-0.05, 0) is 24.3 Å². The molecule has 0 saturated carbocycles. The Kier molecular flexibility index (Phi) is 4.31. The summed E-state index contributed by atoms with van der Waals surface area (Å²) in [4.78, 5) is 19.5. The van der Waals surface area contributed by atoms with E-state index in [4.69, 9.17) is 11.5 Å². The molecule has 0 saturated heterocycles. The lowest BCUT2D eigenvalue weighted by Gasteiger charge is -2.09. The summed E-state index contributed by atoms with van der Waals surface area (Å²) >= 11 is 0. The molecular weight excluding hydrogens is 316 g/mol. The highest BCUT2D eigenvalue weighted by Gasteiger charge is 2.17. The van der Waals surface area contributed by atoms with Crippen molar-refractivity contribution < 1.29 is 9.90 Å². The van der Waals surface area contributed by atoms with E-state index in [1.165, 1.54) is 6.20 Å². The fraction of sp³-hybridized carbons (Fsp3) is 0. The number of nitrogens with two attached hydrogens (primary N) is 2. The average molecular weight is 330 g/mol. The van der Waals surface area contributed by atoms with Crippen LogP contribution in [0.3, 0.4) is 0 Å². The van der Waals surface area contributed by atoms with Gasteiger partial charge in [-0.2, -0.15) is 0 Å². The van der Waals surface area contributed by atoms with Crippen LogP contribution < -0.4 is 11.5 Å². The highest BCUT2D eigenvalue weighted by Crippen LogP contribution is 2.32. The summed E-state index contributed by atoms with van der Waals surface area (Å²) < 4.78 is 0. The third-order valence-corrected chi connectivity index (χ3v) is 3.50. The Morgan fingerprint density at radius 2 is 1.76 bits per heavy atom. The molecule has 3 aromatic rings. The van der Waals surface area contributed by atoms with Crippen LogP contribution in [0, 0.1) is 11.8 Å². The van der Waals surface area contributed by atoms with Gasteiger partial charge in [-0.25, -0.2) is 0 Å². The number of carbonyl (C=O) groups is 1. The molecule has 0 aliphatic rings. The van der Waals surface area contributed by atoms with Crippen LogP contribution in [-0.4, -0.2) is 21.0 Å². The summed E-state index contributed by atoms with van der Waals surface area (Å²) in [6.45, 7) is 0. The van der Waals surface area contributed by atoms with Gasteiger partial charge in [0, 0.05) is 29.1 Å². The number of nitrogen functional groups attached to an aromatic ring is 1. The van der Waals surface area contributed by atoms with E-state index >= 15 is 0 Å². The van der Waals surface area contributed by atoms with Gasteiger partial charge < -0.3 is 16.6 Å². The molecule has 0 unspecified atom stereocenters. The number of primary amides is 1. The molecule has 6 heteroatoms. The number of hydrogen-bond acceptors (Lipinski definition) is 5. The minimum Gasteiger partial charge on any atom is -0.505 e. The molecule has 25 heavy (non-hydrogen) atoms. The Labute approximate surface area is 144 Å². The van der Waals surface area contributed by atoms with Gasteiger partial charge in [0.1, 0.15) is 11.3 Å². The molecule has 1 aromatic carbocycles. The van der Waals surface area contributed by atoms with Gasteiger partial charge in [0.25, 0.3) is 5.91 Å². The van der Waals surface area contributed by atoms with Gasteiger partial charge in [0.05, 0.1) is 11.9 Å². The van der Waals surface area contributed by atoms with Crippen LogP contribution >= 0.6 is 0 Å².